The molecule has 1 rings (SSSR count). The molecule has 2 unspecified atom stereocenters. The Morgan fingerprint density at radius 2 is 1.90 bits per heavy atom. The van der Waals surface area contributed by atoms with E-state index in [1.165, 1.54) is 5.56 Å². The average molecular weight is 281 g/mol. The number of aryl methyl sites for hydroxylation is 1. The minimum absolute atomic E-state index is 0.169. The Labute approximate surface area is 121 Å². The van der Waals surface area contributed by atoms with Crippen LogP contribution in [0.25, 0.3) is 0 Å². The van der Waals surface area contributed by atoms with Gasteiger partial charge in [-0.1, -0.05) is 26.0 Å². The van der Waals surface area contributed by atoms with Gasteiger partial charge in [0.15, 0.2) is 0 Å². The molecule has 0 aromatic heterocycles. The van der Waals surface area contributed by atoms with Crippen LogP contribution in [0.2, 0.25) is 0 Å². The van der Waals surface area contributed by atoms with Crippen molar-refractivity contribution in [1.29, 1.82) is 0 Å². The van der Waals surface area contributed by atoms with Crippen molar-refractivity contribution in [1.82, 2.24) is 5.32 Å². The van der Waals surface area contributed by atoms with Gasteiger partial charge >= 0.3 is 0 Å². The second kappa shape index (κ2) is 9.75. The van der Waals surface area contributed by atoms with E-state index in [2.05, 4.69) is 19.2 Å². The molecule has 0 aliphatic carbocycles. The molecule has 4 heteroatoms. The summed E-state index contributed by atoms with van der Waals surface area (Å²) in [6.07, 6.45) is 2.11. The number of hydrogen-bond donors (Lipinski definition) is 3. The number of hydrogen-bond acceptors (Lipinski definition) is 4. The fourth-order valence-electron chi connectivity index (χ4n) is 1.98. The predicted molar refractivity (Wildman–Crippen MR) is 81.1 cm³/mol. The summed E-state index contributed by atoms with van der Waals surface area (Å²) in [5, 5.41) is 22.0. The van der Waals surface area contributed by atoms with E-state index in [9.17, 15) is 5.11 Å². The molecule has 0 aliphatic heterocycles. The zero-order valence-corrected chi connectivity index (χ0v) is 12.5. The standard InChI is InChI=1S/C16H27NO3/c1-3-13-5-7-16(8-6-13)20-12-15(19)11-17-14(4-2)9-10-18/h5-8,14-15,17-19H,3-4,9-12H2,1-2H3. The first-order chi connectivity index (χ1) is 9.69. The monoisotopic (exact) mass is 281 g/mol. The first-order valence-corrected chi connectivity index (χ1v) is 7.43. The number of benzene rings is 1. The van der Waals surface area contributed by atoms with Crippen molar-refractivity contribution >= 4 is 0 Å². The Balaban J connectivity index is 2.26. The van der Waals surface area contributed by atoms with Crippen molar-refractivity contribution in [2.24, 2.45) is 0 Å². The largest absolute Gasteiger partial charge is 0.491 e. The van der Waals surface area contributed by atoms with Crippen LogP contribution >= 0.6 is 0 Å². The van der Waals surface area contributed by atoms with Gasteiger partial charge in [0.2, 0.25) is 0 Å². The first-order valence-electron chi connectivity index (χ1n) is 7.43. The number of rotatable bonds is 10. The summed E-state index contributed by atoms with van der Waals surface area (Å²) in [5.74, 6) is 0.781. The summed E-state index contributed by atoms with van der Waals surface area (Å²) in [7, 11) is 0. The van der Waals surface area contributed by atoms with E-state index in [1.54, 1.807) is 0 Å². The van der Waals surface area contributed by atoms with Crippen LogP contribution in [0.15, 0.2) is 24.3 Å². The molecular weight excluding hydrogens is 254 g/mol. The Hall–Kier alpha value is -1.10. The van der Waals surface area contributed by atoms with Crippen LogP contribution in [-0.2, 0) is 6.42 Å². The lowest BCUT2D eigenvalue weighted by Gasteiger charge is -2.19. The third-order valence-corrected chi connectivity index (χ3v) is 3.39. The highest BCUT2D eigenvalue weighted by Gasteiger charge is 2.09. The summed E-state index contributed by atoms with van der Waals surface area (Å²) < 4.78 is 5.55. The SMILES string of the molecule is CCc1ccc(OCC(O)CNC(CC)CCO)cc1. The normalized spacial score (nSPS) is 14.0. The summed E-state index contributed by atoms with van der Waals surface area (Å²) >= 11 is 0. The van der Waals surface area contributed by atoms with Crippen LogP contribution in [0.1, 0.15) is 32.3 Å². The Bertz CT molecular complexity index is 353. The van der Waals surface area contributed by atoms with E-state index in [-0.39, 0.29) is 19.3 Å². The average Bonchev–Trinajstić information content (AvgIpc) is 2.49. The Morgan fingerprint density at radius 3 is 2.45 bits per heavy atom. The minimum Gasteiger partial charge on any atom is -0.491 e. The minimum atomic E-state index is -0.548. The molecule has 1 aromatic rings. The van der Waals surface area contributed by atoms with Crippen molar-refractivity contribution < 1.29 is 14.9 Å². The van der Waals surface area contributed by atoms with Gasteiger partial charge in [-0.05, 0) is 37.0 Å². The summed E-state index contributed by atoms with van der Waals surface area (Å²) in [4.78, 5) is 0. The van der Waals surface area contributed by atoms with Crippen LogP contribution in [-0.4, -0.2) is 42.1 Å². The van der Waals surface area contributed by atoms with Crippen LogP contribution in [0.5, 0.6) is 5.75 Å². The van der Waals surface area contributed by atoms with Crippen LogP contribution in [0.3, 0.4) is 0 Å². The zero-order chi connectivity index (χ0) is 14.8. The van der Waals surface area contributed by atoms with Crippen molar-refractivity contribution in [3.8, 4) is 5.75 Å². The molecule has 0 heterocycles. The summed E-state index contributed by atoms with van der Waals surface area (Å²) in [5.41, 5.74) is 1.27. The molecule has 3 N–H and O–H groups in total. The topological polar surface area (TPSA) is 61.7 Å². The molecular formula is C16H27NO3. The van der Waals surface area contributed by atoms with E-state index in [4.69, 9.17) is 9.84 Å². The molecule has 20 heavy (non-hydrogen) atoms. The van der Waals surface area contributed by atoms with Crippen LogP contribution < -0.4 is 10.1 Å². The second-order valence-electron chi connectivity index (χ2n) is 4.99. The smallest absolute Gasteiger partial charge is 0.119 e. The molecule has 0 bridgehead atoms. The molecule has 0 radical (unpaired) electrons. The first kappa shape index (κ1) is 17.0. The quantitative estimate of drug-likeness (QED) is 0.611. The Kier molecular flexibility index (Phi) is 8.26. The van der Waals surface area contributed by atoms with Gasteiger partial charge in [-0.15, -0.1) is 0 Å². The van der Waals surface area contributed by atoms with Gasteiger partial charge < -0.3 is 20.3 Å². The molecule has 2 atom stereocenters. The van der Waals surface area contributed by atoms with Crippen LogP contribution in [0.4, 0.5) is 0 Å². The van der Waals surface area contributed by atoms with Gasteiger partial charge in [0, 0.05) is 19.2 Å². The lowest BCUT2D eigenvalue weighted by Crippen LogP contribution is -2.38. The third-order valence-electron chi connectivity index (χ3n) is 3.39. The number of ether oxygens (including phenoxy) is 1. The molecule has 0 amide bonds. The number of aliphatic hydroxyl groups is 2. The van der Waals surface area contributed by atoms with E-state index >= 15 is 0 Å². The van der Waals surface area contributed by atoms with Gasteiger partial charge in [0.1, 0.15) is 18.5 Å². The summed E-state index contributed by atoms with van der Waals surface area (Å²) in [6.45, 7) is 5.09. The van der Waals surface area contributed by atoms with Crippen molar-refractivity contribution in [3.63, 3.8) is 0 Å². The number of nitrogens with one attached hydrogen (secondary N) is 1. The molecule has 0 spiro atoms. The highest BCUT2D eigenvalue weighted by Crippen LogP contribution is 2.12. The van der Waals surface area contributed by atoms with Crippen molar-refractivity contribution in [2.45, 2.75) is 45.3 Å². The fraction of sp³-hybridized carbons (Fsp3) is 0.625. The van der Waals surface area contributed by atoms with Crippen LogP contribution in [0, 0.1) is 0 Å². The van der Waals surface area contributed by atoms with E-state index in [1.807, 2.05) is 24.3 Å². The molecule has 0 fully saturated rings. The molecule has 0 aliphatic rings. The number of aliphatic hydroxyl groups excluding tert-OH is 2. The third kappa shape index (κ3) is 6.37. The maximum Gasteiger partial charge on any atom is 0.119 e. The molecule has 4 nitrogen and oxygen atoms in total. The van der Waals surface area contributed by atoms with Gasteiger partial charge in [-0.25, -0.2) is 0 Å². The maximum absolute atomic E-state index is 9.87. The Morgan fingerprint density at radius 1 is 1.20 bits per heavy atom. The highest BCUT2D eigenvalue weighted by molar-refractivity contribution is 5.27. The maximum atomic E-state index is 9.87. The molecule has 0 saturated heterocycles. The van der Waals surface area contributed by atoms with Gasteiger partial charge in [0.05, 0.1) is 0 Å². The predicted octanol–water partition coefficient (Wildman–Crippen LogP) is 1.74. The van der Waals surface area contributed by atoms with E-state index in [0.29, 0.717) is 13.0 Å². The molecule has 1 aromatic carbocycles. The fourth-order valence-corrected chi connectivity index (χ4v) is 1.98. The van der Waals surface area contributed by atoms with Gasteiger partial charge in [-0.3, -0.25) is 0 Å². The molecule has 0 saturated carbocycles. The molecule has 114 valence electrons. The second-order valence-corrected chi connectivity index (χ2v) is 4.99. The van der Waals surface area contributed by atoms with Gasteiger partial charge in [-0.2, -0.15) is 0 Å². The summed E-state index contributed by atoms with van der Waals surface area (Å²) in [6, 6.07) is 8.18. The highest BCUT2D eigenvalue weighted by atomic mass is 16.5. The van der Waals surface area contributed by atoms with Gasteiger partial charge in [0.25, 0.3) is 0 Å². The lowest BCUT2D eigenvalue weighted by atomic mass is 10.1. The van der Waals surface area contributed by atoms with Crippen molar-refractivity contribution in [3.05, 3.63) is 29.8 Å². The zero-order valence-electron chi connectivity index (χ0n) is 12.5. The lowest BCUT2D eigenvalue weighted by molar-refractivity contribution is 0.102. The van der Waals surface area contributed by atoms with Crippen molar-refractivity contribution in [2.75, 3.05) is 19.8 Å². The van der Waals surface area contributed by atoms with E-state index < -0.39 is 6.10 Å². The van der Waals surface area contributed by atoms with E-state index in [0.717, 1.165) is 18.6 Å².